The molecular formula is C31H50N5O3P. The third-order valence-corrected chi connectivity index (χ3v) is 9.15. The highest BCUT2D eigenvalue weighted by atomic mass is 31.1. The number of fused-ring (bicyclic) bond motifs is 1. The zero-order chi connectivity index (χ0) is 29.0. The number of carbonyl (C=O) groups excluding carboxylic acids is 3. The van der Waals surface area contributed by atoms with E-state index in [1.54, 1.807) is 23.5 Å². The maximum Gasteiger partial charge on any atom is 0.246 e. The first-order valence-corrected chi connectivity index (χ1v) is 16.5. The van der Waals surface area contributed by atoms with Crippen molar-refractivity contribution >= 4 is 31.7 Å². The largest absolute Gasteiger partial charge is 0.354 e. The van der Waals surface area contributed by atoms with Crippen molar-refractivity contribution in [2.24, 2.45) is 17.3 Å². The van der Waals surface area contributed by atoms with Gasteiger partial charge >= 0.3 is 0 Å². The quantitative estimate of drug-likeness (QED) is 0.321. The van der Waals surface area contributed by atoms with E-state index in [2.05, 4.69) is 27.5 Å². The summed E-state index contributed by atoms with van der Waals surface area (Å²) >= 11 is 0. The monoisotopic (exact) mass is 571 g/mol. The molecule has 0 aromatic carbocycles. The molecule has 1 aliphatic heterocycles. The number of nitrogens with zero attached hydrogens (tertiary/aromatic N) is 3. The summed E-state index contributed by atoms with van der Waals surface area (Å²) in [5.74, 6) is 2.01. The zero-order valence-corrected chi connectivity index (χ0v) is 25.9. The van der Waals surface area contributed by atoms with E-state index < -0.39 is 17.5 Å². The minimum absolute atomic E-state index is 0.0488. The smallest absolute Gasteiger partial charge is 0.246 e. The first kappa shape index (κ1) is 32.2. The van der Waals surface area contributed by atoms with Gasteiger partial charge in [-0.2, -0.15) is 0 Å². The fraction of sp³-hybridized carbons (Fsp3) is 0.742. The van der Waals surface area contributed by atoms with Gasteiger partial charge in [0, 0.05) is 25.5 Å². The molecule has 4 atom stereocenters. The fourth-order valence-corrected chi connectivity index (χ4v) is 6.71. The van der Waals surface area contributed by atoms with Crippen molar-refractivity contribution in [1.82, 2.24) is 25.5 Å². The van der Waals surface area contributed by atoms with E-state index in [1.165, 1.54) is 38.5 Å². The summed E-state index contributed by atoms with van der Waals surface area (Å²) in [5, 5.41) is 6.02. The normalized spacial score (nSPS) is 23.2. The van der Waals surface area contributed by atoms with Gasteiger partial charge in [-0.1, -0.05) is 87.3 Å². The van der Waals surface area contributed by atoms with Crippen molar-refractivity contribution in [1.29, 1.82) is 0 Å². The summed E-state index contributed by atoms with van der Waals surface area (Å²) in [6, 6.07) is -1.14. The first-order valence-electron chi connectivity index (χ1n) is 15.4. The lowest BCUT2D eigenvalue weighted by atomic mass is 9.85. The van der Waals surface area contributed by atoms with Gasteiger partial charge in [0.2, 0.25) is 17.7 Å². The van der Waals surface area contributed by atoms with E-state index >= 15 is 0 Å². The predicted octanol–water partition coefficient (Wildman–Crippen LogP) is 4.99. The highest BCUT2D eigenvalue weighted by Crippen LogP contribution is 2.43. The molecule has 8 nitrogen and oxygen atoms in total. The first-order chi connectivity index (χ1) is 19.2. The lowest BCUT2D eigenvalue weighted by Gasteiger charge is -2.36. The van der Waals surface area contributed by atoms with Crippen molar-refractivity contribution in [3.05, 3.63) is 24.3 Å². The summed E-state index contributed by atoms with van der Waals surface area (Å²) in [6.45, 7) is 9.17. The molecule has 2 N–H and O–H groups in total. The number of likely N-dealkylation sites (tertiary alicyclic amines) is 1. The molecule has 1 aromatic rings. The molecule has 0 radical (unpaired) electrons. The number of hydrogen-bond donors (Lipinski definition) is 2. The molecule has 3 amide bonds. The van der Waals surface area contributed by atoms with E-state index in [0.717, 1.165) is 40.3 Å². The molecule has 222 valence electrons. The van der Waals surface area contributed by atoms with E-state index in [9.17, 15) is 14.4 Å². The van der Waals surface area contributed by atoms with Crippen LogP contribution in [0.3, 0.4) is 0 Å². The standard InChI is InChI=1S/C25H38N5O3P.C6H12/c1-5-6-10-28-23(32)21-19-9-7-8-17(19)14-30(21)24(33)22(25(2,3)4)29-20(31)16-34-15-18-13-26-11-12-27-18;1-2-4-6-5-3-1/h11-13,15,17,19,21-22H,5-10,14,16H2,1-4H3,(H,28,32)(H,29,31);1-6H2. The van der Waals surface area contributed by atoms with Crippen LogP contribution in [0.4, 0.5) is 0 Å². The average molecular weight is 572 g/mol. The Morgan fingerprint density at radius 1 is 1.07 bits per heavy atom. The Bertz CT molecular complexity index is 965. The van der Waals surface area contributed by atoms with E-state index in [-0.39, 0.29) is 29.8 Å². The molecule has 40 heavy (non-hydrogen) atoms. The van der Waals surface area contributed by atoms with E-state index in [0.29, 0.717) is 24.7 Å². The van der Waals surface area contributed by atoms with Gasteiger partial charge in [-0.3, -0.25) is 24.4 Å². The summed E-state index contributed by atoms with van der Waals surface area (Å²) in [5.41, 5.74) is 0.222. The third kappa shape index (κ3) is 9.64. The van der Waals surface area contributed by atoms with Crippen LogP contribution in [-0.2, 0) is 14.4 Å². The van der Waals surface area contributed by atoms with E-state index in [4.69, 9.17) is 0 Å². The van der Waals surface area contributed by atoms with Gasteiger partial charge in [0.15, 0.2) is 0 Å². The third-order valence-electron chi connectivity index (χ3n) is 8.23. The Balaban J connectivity index is 0.000000649. The maximum atomic E-state index is 13.8. The molecule has 1 saturated heterocycles. The number of unbranched alkanes of at least 4 members (excludes halogenated alkanes) is 1. The van der Waals surface area contributed by atoms with Crippen LogP contribution in [0, 0.1) is 17.3 Å². The molecule has 3 fully saturated rings. The summed E-state index contributed by atoms with van der Waals surface area (Å²) in [4.78, 5) is 49.7. The Kier molecular flexibility index (Phi) is 13.0. The van der Waals surface area contributed by atoms with Crippen molar-refractivity contribution in [3.8, 4) is 0 Å². The summed E-state index contributed by atoms with van der Waals surface area (Å²) < 4.78 is 0. The predicted molar refractivity (Wildman–Crippen MR) is 162 cm³/mol. The molecule has 2 heterocycles. The fourth-order valence-electron chi connectivity index (χ4n) is 6.04. The van der Waals surface area contributed by atoms with Crippen LogP contribution in [0.25, 0.3) is 0 Å². The van der Waals surface area contributed by atoms with Crippen LogP contribution < -0.4 is 10.6 Å². The molecule has 1 aromatic heterocycles. The second-order valence-electron chi connectivity index (χ2n) is 12.5. The number of rotatable bonds is 9. The highest BCUT2D eigenvalue weighted by molar-refractivity contribution is 7.40. The van der Waals surface area contributed by atoms with Crippen LogP contribution in [0.5, 0.6) is 0 Å². The van der Waals surface area contributed by atoms with Crippen molar-refractivity contribution in [2.75, 3.05) is 19.3 Å². The minimum atomic E-state index is -0.698. The summed E-state index contributed by atoms with van der Waals surface area (Å²) in [7, 11) is 0.775. The number of aromatic nitrogens is 2. The molecule has 4 rings (SSSR count). The molecule has 3 aliphatic rings. The van der Waals surface area contributed by atoms with Crippen LogP contribution in [-0.4, -0.2) is 69.7 Å². The lowest BCUT2D eigenvalue weighted by molar-refractivity contribution is -0.144. The summed E-state index contributed by atoms with van der Waals surface area (Å²) in [6.07, 6.45) is 19.1. The van der Waals surface area contributed by atoms with Gasteiger partial charge in [-0.15, -0.1) is 0 Å². The van der Waals surface area contributed by atoms with Gasteiger partial charge in [-0.05, 0) is 42.3 Å². The molecule has 0 spiro atoms. The Labute approximate surface area is 242 Å². The van der Waals surface area contributed by atoms with Crippen molar-refractivity contribution in [2.45, 2.75) is 110 Å². The number of amides is 3. The number of carbonyl (C=O) groups is 3. The van der Waals surface area contributed by atoms with Crippen LogP contribution in [0.2, 0.25) is 0 Å². The van der Waals surface area contributed by atoms with Gasteiger partial charge in [-0.25, -0.2) is 0 Å². The molecule has 9 heteroatoms. The van der Waals surface area contributed by atoms with Gasteiger partial charge in [0.1, 0.15) is 12.1 Å². The lowest BCUT2D eigenvalue weighted by Crippen LogP contribution is -2.58. The second kappa shape index (κ2) is 16.2. The molecule has 0 bridgehead atoms. The maximum absolute atomic E-state index is 13.8. The molecule has 2 aliphatic carbocycles. The van der Waals surface area contributed by atoms with Gasteiger partial charge < -0.3 is 15.5 Å². The number of nitrogens with one attached hydrogen (secondary N) is 2. The van der Waals surface area contributed by atoms with Crippen LogP contribution in [0.1, 0.15) is 104 Å². The highest BCUT2D eigenvalue weighted by Gasteiger charge is 2.51. The molecule has 2 saturated carbocycles. The van der Waals surface area contributed by atoms with Crippen molar-refractivity contribution in [3.63, 3.8) is 0 Å². The SMILES string of the molecule is C1CCCCC1.CCCCNC(=O)C1C2CCCC2CN1C(=O)C(NC(=O)CP=Cc1cnccn1)C(C)(C)C. The molecular weight excluding hydrogens is 521 g/mol. The van der Waals surface area contributed by atoms with Crippen molar-refractivity contribution < 1.29 is 14.4 Å². The van der Waals surface area contributed by atoms with Gasteiger partial charge in [0.25, 0.3) is 0 Å². The topological polar surface area (TPSA) is 104 Å². The van der Waals surface area contributed by atoms with Crippen LogP contribution >= 0.6 is 8.20 Å². The minimum Gasteiger partial charge on any atom is -0.354 e. The Hall–Kier alpha value is -2.34. The zero-order valence-electron chi connectivity index (χ0n) is 25.0. The molecule has 4 unspecified atom stereocenters. The number of hydrogen-bond acceptors (Lipinski definition) is 5. The average Bonchev–Trinajstić information content (AvgIpc) is 3.54. The Morgan fingerprint density at radius 2 is 1.77 bits per heavy atom. The van der Waals surface area contributed by atoms with E-state index in [1.807, 2.05) is 26.6 Å². The second-order valence-corrected chi connectivity index (χ2v) is 13.5. The Morgan fingerprint density at radius 3 is 2.38 bits per heavy atom. The van der Waals surface area contributed by atoms with Crippen LogP contribution in [0.15, 0.2) is 18.6 Å². The van der Waals surface area contributed by atoms with Gasteiger partial charge in [0.05, 0.1) is 18.1 Å².